The van der Waals surface area contributed by atoms with E-state index in [2.05, 4.69) is 4.98 Å². The average molecular weight is 321 g/mol. The maximum absolute atomic E-state index is 13.8. The molecule has 0 N–H and O–H groups in total. The standard InChI is InChI=1S/C15H16F5NO/c1-22-13-10(3-5-12(21-13)15(18,19)20)8-2-4-11-9(8)6-7-14(11,16)17/h3,5,8-9,11H,2,4,6-7H2,1H3/t8?,9-,11+/m1/s1. The van der Waals surface area contributed by atoms with E-state index < -0.39 is 23.7 Å². The number of hydrogen-bond donors (Lipinski definition) is 0. The van der Waals surface area contributed by atoms with Gasteiger partial charge in [-0.1, -0.05) is 6.07 Å². The van der Waals surface area contributed by atoms with Crippen molar-refractivity contribution in [2.75, 3.05) is 7.11 Å². The van der Waals surface area contributed by atoms with Crippen molar-refractivity contribution in [2.24, 2.45) is 11.8 Å². The van der Waals surface area contributed by atoms with Gasteiger partial charge in [0.2, 0.25) is 5.88 Å². The molecule has 2 aliphatic rings. The monoisotopic (exact) mass is 321 g/mol. The highest BCUT2D eigenvalue weighted by molar-refractivity contribution is 5.34. The van der Waals surface area contributed by atoms with Crippen LogP contribution < -0.4 is 4.74 Å². The van der Waals surface area contributed by atoms with Crippen molar-refractivity contribution in [3.05, 3.63) is 23.4 Å². The van der Waals surface area contributed by atoms with Crippen molar-refractivity contribution < 1.29 is 26.7 Å². The number of methoxy groups -OCH3 is 1. The third-order valence-electron chi connectivity index (χ3n) is 4.95. The number of nitrogens with zero attached hydrogens (tertiary/aromatic N) is 1. The number of ether oxygens (including phenoxy) is 1. The Balaban J connectivity index is 1.93. The minimum absolute atomic E-state index is 0.101. The van der Waals surface area contributed by atoms with Gasteiger partial charge in [-0.3, -0.25) is 0 Å². The normalized spacial score (nSPS) is 30.4. The highest BCUT2D eigenvalue weighted by atomic mass is 19.4. The van der Waals surface area contributed by atoms with Crippen LogP contribution in [0.15, 0.2) is 12.1 Å². The van der Waals surface area contributed by atoms with E-state index in [0.29, 0.717) is 24.8 Å². The molecule has 0 amide bonds. The van der Waals surface area contributed by atoms with Crippen molar-refractivity contribution >= 4 is 0 Å². The molecule has 1 aromatic rings. The van der Waals surface area contributed by atoms with Crippen LogP contribution in [0.5, 0.6) is 5.88 Å². The second-order valence-electron chi connectivity index (χ2n) is 6.05. The summed E-state index contributed by atoms with van der Waals surface area (Å²) in [6.45, 7) is 0. The van der Waals surface area contributed by atoms with Crippen molar-refractivity contribution in [1.82, 2.24) is 4.98 Å². The van der Waals surface area contributed by atoms with Crippen molar-refractivity contribution in [1.29, 1.82) is 0 Å². The molecule has 0 radical (unpaired) electrons. The van der Waals surface area contributed by atoms with Crippen LogP contribution in [0.2, 0.25) is 0 Å². The summed E-state index contributed by atoms with van der Waals surface area (Å²) >= 11 is 0. The third kappa shape index (κ3) is 2.44. The fraction of sp³-hybridized carbons (Fsp3) is 0.667. The Morgan fingerprint density at radius 1 is 1.18 bits per heavy atom. The number of fused-ring (bicyclic) bond motifs is 1. The lowest BCUT2D eigenvalue weighted by molar-refractivity contribution is -0.141. The lowest BCUT2D eigenvalue weighted by Crippen LogP contribution is -2.23. The van der Waals surface area contributed by atoms with Crippen LogP contribution in [0.3, 0.4) is 0 Å². The zero-order valence-electron chi connectivity index (χ0n) is 12.0. The Morgan fingerprint density at radius 2 is 1.91 bits per heavy atom. The molecular formula is C15H16F5NO. The maximum Gasteiger partial charge on any atom is 0.433 e. The number of hydrogen-bond acceptors (Lipinski definition) is 2. The Labute approximate surface area is 124 Å². The molecule has 22 heavy (non-hydrogen) atoms. The van der Waals surface area contributed by atoms with E-state index in [1.807, 2.05) is 0 Å². The van der Waals surface area contributed by atoms with E-state index in [1.54, 1.807) is 0 Å². The van der Waals surface area contributed by atoms with E-state index in [4.69, 9.17) is 4.74 Å². The first-order chi connectivity index (χ1) is 10.2. The lowest BCUT2D eigenvalue weighted by atomic mass is 9.86. The zero-order chi connectivity index (χ0) is 16.1. The van der Waals surface area contributed by atoms with Crippen LogP contribution in [-0.4, -0.2) is 18.0 Å². The van der Waals surface area contributed by atoms with Crippen LogP contribution in [0.4, 0.5) is 22.0 Å². The molecule has 0 spiro atoms. The van der Waals surface area contributed by atoms with E-state index in [9.17, 15) is 22.0 Å². The molecule has 0 aliphatic heterocycles. The summed E-state index contributed by atoms with van der Waals surface area (Å²) in [6, 6.07) is 2.23. The first-order valence-electron chi connectivity index (χ1n) is 7.24. The molecule has 1 heterocycles. The molecule has 2 saturated carbocycles. The minimum Gasteiger partial charge on any atom is -0.481 e. The lowest BCUT2D eigenvalue weighted by Gasteiger charge is -2.22. The fourth-order valence-corrected chi connectivity index (χ4v) is 3.98. The molecule has 1 unspecified atom stereocenters. The first-order valence-corrected chi connectivity index (χ1v) is 7.24. The average Bonchev–Trinajstić information content (AvgIpc) is 2.99. The first kappa shape index (κ1) is 15.5. The molecular weight excluding hydrogens is 305 g/mol. The van der Waals surface area contributed by atoms with E-state index in [0.717, 1.165) is 6.07 Å². The van der Waals surface area contributed by atoms with E-state index >= 15 is 0 Å². The Kier molecular flexibility index (Phi) is 3.57. The highest BCUT2D eigenvalue weighted by Crippen LogP contribution is 2.58. The van der Waals surface area contributed by atoms with Crippen LogP contribution in [0, 0.1) is 11.8 Å². The van der Waals surface area contributed by atoms with Crippen molar-refractivity contribution in [2.45, 2.75) is 43.7 Å². The summed E-state index contributed by atoms with van der Waals surface area (Å²) in [4.78, 5) is 3.52. The van der Waals surface area contributed by atoms with Gasteiger partial charge in [0.05, 0.1) is 7.11 Å². The predicted molar refractivity (Wildman–Crippen MR) is 68.9 cm³/mol. The van der Waals surface area contributed by atoms with Crippen molar-refractivity contribution in [3.8, 4) is 5.88 Å². The second kappa shape index (κ2) is 5.06. The van der Waals surface area contributed by atoms with Gasteiger partial charge in [0.15, 0.2) is 0 Å². The van der Waals surface area contributed by atoms with Gasteiger partial charge in [0.1, 0.15) is 5.69 Å². The quantitative estimate of drug-likeness (QED) is 0.740. The van der Waals surface area contributed by atoms with Gasteiger partial charge in [0, 0.05) is 17.9 Å². The molecule has 3 atom stereocenters. The largest absolute Gasteiger partial charge is 0.481 e. The SMILES string of the molecule is COc1nc(C(F)(F)F)ccc1C1CC[C@H]2[C@@H]1CCC2(F)F. The van der Waals surface area contributed by atoms with Gasteiger partial charge in [-0.05, 0) is 37.2 Å². The third-order valence-corrected chi connectivity index (χ3v) is 4.95. The van der Waals surface area contributed by atoms with Crippen LogP contribution in [-0.2, 0) is 6.18 Å². The summed E-state index contributed by atoms with van der Waals surface area (Å²) in [5, 5.41) is 0. The summed E-state index contributed by atoms with van der Waals surface area (Å²) in [5.41, 5.74) is -0.514. The molecule has 3 rings (SSSR count). The number of pyridine rings is 1. The molecule has 122 valence electrons. The summed E-state index contributed by atoms with van der Waals surface area (Å²) in [5.74, 6) is -3.85. The number of halogens is 5. The van der Waals surface area contributed by atoms with Crippen LogP contribution >= 0.6 is 0 Å². The fourth-order valence-electron chi connectivity index (χ4n) is 3.98. The molecule has 0 saturated heterocycles. The predicted octanol–water partition coefficient (Wildman–Crippen LogP) is 4.65. The Bertz CT molecular complexity index is 572. The van der Waals surface area contributed by atoms with Gasteiger partial charge in [-0.15, -0.1) is 0 Å². The van der Waals surface area contributed by atoms with E-state index in [-0.39, 0.29) is 24.1 Å². The Morgan fingerprint density at radius 3 is 2.55 bits per heavy atom. The molecule has 2 fully saturated rings. The van der Waals surface area contributed by atoms with Crippen LogP contribution in [0.25, 0.3) is 0 Å². The topological polar surface area (TPSA) is 22.1 Å². The van der Waals surface area contributed by atoms with Crippen molar-refractivity contribution in [3.63, 3.8) is 0 Å². The van der Waals surface area contributed by atoms with Gasteiger partial charge in [-0.25, -0.2) is 13.8 Å². The van der Waals surface area contributed by atoms with Crippen LogP contribution in [0.1, 0.15) is 42.9 Å². The van der Waals surface area contributed by atoms with Gasteiger partial charge < -0.3 is 4.74 Å². The summed E-state index contributed by atoms with van der Waals surface area (Å²) in [7, 11) is 1.25. The highest BCUT2D eigenvalue weighted by Gasteiger charge is 2.55. The second-order valence-corrected chi connectivity index (χ2v) is 6.05. The van der Waals surface area contributed by atoms with Gasteiger partial charge in [0.25, 0.3) is 5.92 Å². The molecule has 0 aromatic carbocycles. The minimum atomic E-state index is -4.55. The maximum atomic E-state index is 13.8. The Hall–Kier alpha value is -1.40. The number of alkyl halides is 5. The molecule has 7 heteroatoms. The van der Waals surface area contributed by atoms with Gasteiger partial charge in [-0.2, -0.15) is 13.2 Å². The molecule has 1 aromatic heterocycles. The smallest absolute Gasteiger partial charge is 0.433 e. The van der Waals surface area contributed by atoms with Gasteiger partial charge >= 0.3 is 6.18 Å². The summed E-state index contributed by atoms with van der Waals surface area (Å²) < 4.78 is 70.7. The number of rotatable bonds is 2. The summed E-state index contributed by atoms with van der Waals surface area (Å²) in [6.07, 6.45) is -3.37. The number of aromatic nitrogens is 1. The van der Waals surface area contributed by atoms with E-state index in [1.165, 1.54) is 13.2 Å². The molecule has 0 bridgehead atoms. The molecule has 2 nitrogen and oxygen atoms in total. The molecule has 2 aliphatic carbocycles. The zero-order valence-corrected chi connectivity index (χ0v) is 12.0.